The van der Waals surface area contributed by atoms with Crippen molar-refractivity contribution in [2.24, 2.45) is 5.92 Å². The SMILES string of the molecule is CC(=O)N[C@@H]1CCN(C(=O)[C@H]2CCc3c(sc4ncnc(Nc5ccc6[nH]ncc6c5)c34)C2)C1. The third-order valence-electron chi connectivity index (χ3n) is 6.80. The number of carbonyl (C=O) groups is 2. The van der Waals surface area contributed by atoms with Crippen LogP contribution in [0.15, 0.2) is 30.7 Å². The number of carbonyl (C=O) groups excluding carboxylic acids is 2. The highest BCUT2D eigenvalue weighted by Crippen LogP contribution is 2.41. The summed E-state index contributed by atoms with van der Waals surface area (Å²) in [4.78, 5) is 37.8. The Kier molecular flexibility index (Phi) is 5.17. The fourth-order valence-corrected chi connectivity index (χ4v) is 6.46. The van der Waals surface area contributed by atoms with Crippen LogP contribution >= 0.6 is 11.3 Å². The number of rotatable bonds is 4. The summed E-state index contributed by atoms with van der Waals surface area (Å²) in [6, 6.07) is 6.11. The van der Waals surface area contributed by atoms with E-state index in [1.165, 1.54) is 17.4 Å². The van der Waals surface area contributed by atoms with Crippen molar-refractivity contribution >= 4 is 55.8 Å². The lowest BCUT2D eigenvalue weighted by atomic mass is 9.87. The van der Waals surface area contributed by atoms with E-state index in [1.54, 1.807) is 23.9 Å². The first-order valence-electron chi connectivity index (χ1n) is 11.6. The van der Waals surface area contributed by atoms with Gasteiger partial charge in [0.25, 0.3) is 0 Å². The number of thiophene rings is 1. The van der Waals surface area contributed by atoms with Crippen LogP contribution in [0.5, 0.6) is 0 Å². The van der Waals surface area contributed by atoms with Crippen molar-refractivity contribution in [2.75, 3.05) is 18.4 Å². The number of aromatic amines is 1. The van der Waals surface area contributed by atoms with Crippen LogP contribution < -0.4 is 10.6 Å². The zero-order valence-electron chi connectivity index (χ0n) is 18.8. The molecule has 3 aromatic heterocycles. The number of aryl methyl sites for hydroxylation is 1. The topological polar surface area (TPSA) is 116 Å². The van der Waals surface area contributed by atoms with Gasteiger partial charge in [-0.25, -0.2) is 9.97 Å². The highest BCUT2D eigenvalue weighted by Gasteiger charge is 2.34. The highest BCUT2D eigenvalue weighted by molar-refractivity contribution is 7.19. The van der Waals surface area contributed by atoms with Gasteiger partial charge in [0, 0.05) is 47.9 Å². The molecule has 1 aromatic carbocycles. The molecule has 174 valence electrons. The molecule has 0 saturated carbocycles. The maximum absolute atomic E-state index is 13.2. The summed E-state index contributed by atoms with van der Waals surface area (Å²) in [5.41, 5.74) is 3.19. The first kappa shape index (κ1) is 21.0. The van der Waals surface area contributed by atoms with Gasteiger partial charge in [0.05, 0.1) is 17.1 Å². The molecule has 6 rings (SSSR count). The predicted molar refractivity (Wildman–Crippen MR) is 131 cm³/mol. The van der Waals surface area contributed by atoms with Gasteiger partial charge in [-0.1, -0.05) is 0 Å². The Morgan fingerprint density at radius 3 is 3.03 bits per heavy atom. The molecule has 10 heteroatoms. The number of fused-ring (bicyclic) bond motifs is 4. The van der Waals surface area contributed by atoms with E-state index in [0.29, 0.717) is 13.1 Å². The van der Waals surface area contributed by atoms with Gasteiger partial charge in [-0.3, -0.25) is 14.7 Å². The summed E-state index contributed by atoms with van der Waals surface area (Å²) in [5.74, 6) is 0.938. The summed E-state index contributed by atoms with van der Waals surface area (Å²) in [7, 11) is 0. The zero-order chi connectivity index (χ0) is 23.2. The van der Waals surface area contributed by atoms with Crippen molar-refractivity contribution in [3.63, 3.8) is 0 Å². The largest absolute Gasteiger partial charge is 0.352 e. The fourth-order valence-electron chi connectivity index (χ4n) is 5.20. The number of benzene rings is 1. The Bertz CT molecular complexity index is 1410. The van der Waals surface area contributed by atoms with Crippen LogP contribution in [-0.4, -0.2) is 56.0 Å². The van der Waals surface area contributed by atoms with Crippen molar-refractivity contribution in [2.45, 2.75) is 38.6 Å². The van der Waals surface area contributed by atoms with Gasteiger partial charge in [-0.15, -0.1) is 11.3 Å². The Labute approximate surface area is 200 Å². The molecule has 2 aliphatic rings. The van der Waals surface area contributed by atoms with Crippen LogP contribution in [0, 0.1) is 5.92 Å². The minimum atomic E-state index is -0.0397. The van der Waals surface area contributed by atoms with Crippen LogP contribution in [0.3, 0.4) is 0 Å². The summed E-state index contributed by atoms with van der Waals surface area (Å²) in [6.45, 7) is 2.84. The predicted octanol–water partition coefficient (Wildman–Crippen LogP) is 3.15. The third-order valence-corrected chi connectivity index (χ3v) is 7.97. The van der Waals surface area contributed by atoms with Gasteiger partial charge in [0.1, 0.15) is 17.0 Å². The molecule has 1 aliphatic heterocycles. The number of aromatic nitrogens is 4. The number of hydrogen-bond acceptors (Lipinski definition) is 7. The van der Waals surface area contributed by atoms with Crippen molar-refractivity contribution in [1.29, 1.82) is 0 Å². The van der Waals surface area contributed by atoms with Gasteiger partial charge < -0.3 is 15.5 Å². The molecule has 34 heavy (non-hydrogen) atoms. The molecular formula is C24H25N7O2S. The second kappa shape index (κ2) is 8.35. The maximum atomic E-state index is 13.2. The number of likely N-dealkylation sites (tertiary alicyclic amines) is 1. The molecule has 0 unspecified atom stereocenters. The van der Waals surface area contributed by atoms with E-state index >= 15 is 0 Å². The van der Waals surface area contributed by atoms with E-state index < -0.39 is 0 Å². The number of nitrogens with one attached hydrogen (secondary N) is 3. The number of H-pyrrole nitrogens is 1. The summed E-state index contributed by atoms with van der Waals surface area (Å²) >= 11 is 1.67. The lowest BCUT2D eigenvalue weighted by molar-refractivity contribution is -0.135. The van der Waals surface area contributed by atoms with Crippen molar-refractivity contribution in [1.82, 2.24) is 30.4 Å². The van der Waals surface area contributed by atoms with Gasteiger partial charge in [0.2, 0.25) is 11.8 Å². The lowest BCUT2D eigenvalue weighted by Gasteiger charge is -2.26. The van der Waals surface area contributed by atoms with Crippen molar-refractivity contribution in [3.8, 4) is 0 Å². The molecule has 0 bridgehead atoms. The molecule has 0 radical (unpaired) electrons. The molecule has 2 atom stereocenters. The van der Waals surface area contributed by atoms with Crippen LogP contribution in [0.2, 0.25) is 0 Å². The quantitative estimate of drug-likeness (QED) is 0.418. The van der Waals surface area contributed by atoms with Crippen LogP contribution in [0.1, 0.15) is 30.2 Å². The summed E-state index contributed by atoms with van der Waals surface area (Å²) in [6.07, 6.45) is 6.60. The second-order valence-electron chi connectivity index (χ2n) is 9.11. The van der Waals surface area contributed by atoms with Crippen molar-refractivity contribution < 1.29 is 9.59 Å². The summed E-state index contributed by atoms with van der Waals surface area (Å²) in [5, 5.41) is 15.6. The zero-order valence-corrected chi connectivity index (χ0v) is 19.6. The smallest absolute Gasteiger partial charge is 0.226 e. The van der Waals surface area contributed by atoms with Crippen LogP contribution in [0.25, 0.3) is 21.1 Å². The monoisotopic (exact) mass is 475 g/mol. The Morgan fingerprint density at radius 1 is 1.24 bits per heavy atom. The molecule has 4 aromatic rings. The molecule has 0 spiro atoms. The van der Waals surface area contributed by atoms with E-state index in [4.69, 9.17) is 0 Å². The molecule has 2 amide bonds. The minimum absolute atomic E-state index is 0.0236. The number of nitrogens with zero attached hydrogens (tertiary/aromatic N) is 4. The molecule has 4 heterocycles. The van der Waals surface area contributed by atoms with Gasteiger partial charge >= 0.3 is 0 Å². The summed E-state index contributed by atoms with van der Waals surface area (Å²) < 4.78 is 0. The second-order valence-corrected chi connectivity index (χ2v) is 10.2. The molecule has 3 N–H and O–H groups in total. The normalized spacial score (nSPS) is 20.0. The van der Waals surface area contributed by atoms with E-state index in [9.17, 15) is 9.59 Å². The standard InChI is InChI=1S/C24H25N7O2S/c1-13(32)28-17-6-7-31(11-17)24(33)14-2-4-18-20(9-14)34-23-21(18)22(25-12-26-23)29-16-3-5-19-15(8-16)10-27-30-19/h3,5,8,10,12,14,17H,2,4,6-7,9,11H2,1H3,(H,27,30)(H,28,32)(H,25,26,29)/t14-,17+/m0/s1. The molecule has 9 nitrogen and oxygen atoms in total. The lowest BCUT2D eigenvalue weighted by Crippen LogP contribution is -2.40. The average Bonchev–Trinajstić information content (AvgIpc) is 3.55. The maximum Gasteiger partial charge on any atom is 0.226 e. The first-order valence-corrected chi connectivity index (χ1v) is 12.4. The van der Waals surface area contributed by atoms with Gasteiger partial charge in [0.15, 0.2) is 0 Å². The van der Waals surface area contributed by atoms with Gasteiger partial charge in [-0.2, -0.15) is 5.10 Å². The third kappa shape index (κ3) is 3.77. The van der Waals surface area contributed by atoms with Crippen molar-refractivity contribution in [3.05, 3.63) is 41.2 Å². The number of amides is 2. The highest BCUT2D eigenvalue weighted by atomic mass is 32.1. The molecule has 1 fully saturated rings. The van der Waals surface area contributed by atoms with Crippen LogP contribution in [-0.2, 0) is 22.4 Å². The molecule has 1 aliphatic carbocycles. The fraction of sp³-hybridized carbons (Fsp3) is 0.375. The minimum Gasteiger partial charge on any atom is -0.352 e. The Balaban J connectivity index is 1.23. The van der Waals surface area contributed by atoms with E-state index in [2.05, 4.69) is 30.8 Å². The van der Waals surface area contributed by atoms with Gasteiger partial charge in [-0.05, 0) is 49.4 Å². The number of anilines is 2. The molecular weight excluding hydrogens is 450 g/mol. The van der Waals surface area contributed by atoms with E-state index in [1.807, 2.05) is 23.1 Å². The Morgan fingerprint density at radius 2 is 2.15 bits per heavy atom. The first-order chi connectivity index (χ1) is 16.5. The Hall–Kier alpha value is -3.53. The molecule has 1 saturated heterocycles. The van der Waals surface area contributed by atoms with E-state index in [-0.39, 0.29) is 23.8 Å². The number of hydrogen-bond donors (Lipinski definition) is 3. The van der Waals surface area contributed by atoms with Crippen LogP contribution in [0.4, 0.5) is 11.5 Å². The average molecular weight is 476 g/mol. The van der Waals surface area contributed by atoms with E-state index in [0.717, 1.165) is 58.3 Å².